The molecule has 0 saturated carbocycles. The molecule has 0 aliphatic carbocycles. The molecule has 1 heterocycles. The molecule has 2 aromatic carbocycles. The Labute approximate surface area is 169 Å². The van der Waals surface area contributed by atoms with Crippen LogP contribution in [0.5, 0.6) is 11.5 Å². The second-order valence-electron chi connectivity index (χ2n) is 6.44. The van der Waals surface area contributed by atoms with Crippen LogP contribution in [0, 0.1) is 6.92 Å². The van der Waals surface area contributed by atoms with Crippen LogP contribution < -0.4 is 19.1 Å². The first kappa shape index (κ1) is 20.3. The topological polar surface area (TPSA) is 84.9 Å². The third-order valence-corrected chi connectivity index (χ3v) is 5.95. The lowest BCUT2D eigenvalue weighted by Crippen LogP contribution is -2.31. The number of nitrogens with one attached hydrogen (secondary N) is 1. The van der Waals surface area contributed by atoms with E-state index in [0.29, 0.717) is 34.3 Å². The van der Waals surface area contributed by atoms with Crippen molar-refractivity contribution in [1.82, 2.24) is 0 Å². The number of amides is 1. The summed E-state index contributed by atoms with van der Waals surface area (Å²) in [6.07, 6.45) is 1.66. The molecule has 0 aromatic heterocycles. The molecule has 28 heavy (non-hydrogen) atoms. The molecule has 0 spiro atoms. The zero-order valence-corrected chi connectivity index (χ0v) is 17.1. The van der Waals surface area contributed by atoms with E-state index in [-0.39, 0.29) is 25.7 Å². The fourth-order valence-corrected chi connectivity index (χ4v) is 4.00. The molecular formula is C19H21ClN2O5S. The maximum atomic E-state index is 12.2. The normalized spacial score (nSPS) is 12.7. The monoisotopic (exact) mass is 424 g/mol. The van der Waals surface area contributed by atoms with Crippen molar-refractivity contribution < 1.29 is 22.7 Å². The van der Waals surface area contributed by atoms with E-state index in [1.807, 2.05) is 6.92 Å². The molecule has 1 aliphatic heterocycles. The average molecular weight is 425 g/mol. The summed E-state index contributed by atoms with van der Waals surface area (Å²) in [6.45, 7) is 2.10. The molecule has 0 radical (unpaired) electrons. The second kappa shape index (κ2) is 8.28. The van der Waals surface area contributed by atoms with Crippen molar-refractivity contribution in [2.24, 2.45) is 0 Å². The number of hydrogen-bond donors (Lipinski definition) is 1. The SMILES string of the molecule is Cc1c(Cl)cccc1NC(=O)CCCN(c1ccc2c(c1)OCO2)S(C)(=O)=O. The van der Waals surface area contributed by atoms with Crippen molar-refractivity contribution in [3.05, 3.63) is 47.0 Å². The van der Waals surface area contributed by atoms with E-state index in [9.17, 15) is 13.2 Å². The summed E-state index contributed by atoms with van der Waals surface area (Å²) < 4.78 is 36.3. The lowest BCUT2D eigenvalue weighted by Gasteiger charge is -2.22. The summed E-state index contributed by atoms with van der Waals surface area (Å²) in [5.74, 6) is 0.873. The zero-order chi connectivity index (χ0) is 20.3. The lowest BCUT2D eigenvalue weighted by molar-refractivity contribution is -0.116. The van der Waals surface area contributed by atoms with Crippen molar-refractivity contribution in [3.63, 3.8) is 0 Å². The predicted molar refractivity (Wildman–Crippen MR) is 109 cm³/mol. The summed E-state index contributed by atoms with van der Waals surface area (Å²) in [6, 6.07) is 10.2. The number of nitrogens with zero attached hydrogens (tertiary/aromatic N) is 1. The van der Waals surface area contributed by atoms with E-state index in [0.717, 1.165) is 11.8 Å². The molecule has 3 rings (SSSR count). The van der Waals surface area contributed by atoms with E-state index < -0.39 is 10.0 Å². The van der Waals surface area contributed by atoms with Crippen LogP contribution in [0.2, 0.25) is 5.02 Å². The Morgan fingerprint density at radius 2 is 1.96 bits per heavy atom. The first-order valence-electron chi connectivity index (χ1n) is 8.68. The molecule has 1 aliphatic rings. The summed E-state index contributed by atoms with van der Waals surface area (Å²) in [5, 5.41) is 3.38. The van der Waals surface area contributed by atoms with E-state index in [2.05, 4.69) is 5.32 Å². The minimum Gasteiger partial charge on any atom is -0.454 e. The molecule has 9 heteroatoms. The number of carbonyl (C=O) groups excluding carboxylic acids is 1. The Morgan fingerprint density at radius 1 is 1.21 bits per heavy atom. The maximum Gasteiger partial charge on any atom is 0.232 e. The van der Waals surface area contributed by atoms with Gasteiger partial charge in [0.25, 0.3) is 0 Å². The number of hydrogen-bond acceptors (Lipinski definition) is 5. The van der Waals surface area contributed by atoms with Crippen molar-refractivity contribution in [3.8, 4) is 11.5 Å². The Kier molecular flexibility index (Phi) is 6.00. The minimum absolute atomic E-state index is 0.112. The molecular weight excluding hydrogens is 404 g/mol. The molecule has 0 saturated heterocycles. The third kappa shape index (κ3) is 4.69. The summed E-state index contributed by atoms with van der Waals surface area (Å²) in [5.41, 5.74) is 1.90. The van der Waals surface area contributed by atoms with Gasteiger partial charge in [-0.3, -0.25) is 9.10 Å². The summed E-state index contributed by atoms with van der Waals surface area (Å²) in [7, 11) is -3.52. The number of benzene rings is 2. The molecule has 0 unspecified atom stereocenters. The van der Waals surface area contributed by atoms with Crippen molar-refractivity contribution >= 4 is 38.9 Å². The summed E-state index contributed by atoms with van der Waals surface area (Å²) >= 11 is 6.06. The van der Waals surface area contributed by atoms with E-state index in [1.54, 1.807) is 36.4 Å². The van der Waals surface area contributed by atoms with Gasteiger partial charge in [-0.1, -0.05) is 17.7 Å². The van der Waals surface area contributed by atoms with Crippen molar-refractivity contribution in [1.29, 1.82) is 0 Å². The first-order chi connectivity index (χ1) is 13.3. The fourth-order valence-electron chi connectivity index (χ4n) is 2.87. The van der Waals surface area contributed by atoms with E-state index >= 15 is 0 Å². The van der Waals surface area contributed by atoms with Crippen LogP contribution in [0.15, 0.2) is 36.4 Å². The first-order valence-corrected chi connectivity index (χ1v) is 10.9. The Balaban J connectivity index is 1.63. The van der Waals surface area contributed by atoms with Crippen molar-refractivity contribution in [2.45, 2.75) is 19.8 Å². The molecule has 0 atom stereocenters. The molecule has 0 bridgehead atoms. The summed E-state index contributed by atoms with van der Waals surface area (Å²) in [4.78, 5) is 12.2. The quantitative estimate of drug-likeness (QED) is 0.734. The molecule has 7 nitrogen and oxygen atoms in total. The van der Waals surface area contributed by atoms with Crippen LogP contribution in [0.4, 0.5) is 11.4 Å². The van der Waals surface area contributed by atoms with Crippen LogP contribution in [-0.2, 0) is 14.8 Å². The van der Waals surface area contributed by atoms with Gasteiger partial charge >= 0.3 is 0 Å². The highest BCUT2D eigenvalue weighted by atomic mass is 35.5. The number of halogens is 1. The second-order valence-corrected chi connectivity index (χ2v) is 8.75. The van der Waals surface area contributed by atoms with E-state index in [4.69, 9.17) is 21.1 Å². The van der Waals surface area contributed by atoms with Gasteiger partial charge in [0.15, 0.2) is 11.5 Å². The minimum atomic E-state index is -3.52. The van der Waals surface area contributed by atoms with Gasteiger partial charge in [0.05, 0.1) is 11.9 Å². The van der Waals surface area contributed by atoms with Crippen molar-refractivity contribution in [2.75, 3.05) is 29.2 Å². The van der Waals surface area contributed by atoms with Crippen LogP contribution in [0.1, 0.15) is 18.4 Å². The smallest absolute Gasteiger partial charge is 0.232 e. The number of carbonyl (C=O) groups is 1. The fraction of sp³-hybridized carbons (Fsp3) is 0.316. The van der Waals surface area contributed by atoms with Gasteiger partial charge in [-0.15, -0.1) is 0 Å². The predicted octanol–water partition coefficient (Wildman–Crippen LogP) is 3.56. The molecule has 1 N–H and O–H groups in total. The number of rotatable bonds is 7. The highest BCUT2D eigenvalue weighted by Crippen LogP contribution is 2.36. The Bertz CT molecular complexity index is 994. The van der Waals surface area contributed by atoms with Gasteiger partial charge in [-0.05, 0) is 43.2 Å². The number of fused-ring (bicyclic) bond motifs is 1. The van der Waals surface area contributed by atoms with Crippen LogP contribution in [-0.4, -0.2) is 33.9 Å². The average Bonchev–Trinajstić information content (AvgIpc) is 3.09. The molecule has 150 valence electrons. The Hall–Kier alpha value is -2.45. The number of anilines is 2. The number of ether oxygens (including phenoxy) is 2. The van der Waals surface area contributed by atoms with Gasteiger partial charge in [-0.2, -0.15) is 0 Å². The van der Waals surface area contributed by atoms with Gasteiger partial charge < -0.3 is 14.8 Å². The number of sulfonamides is 1. The van der Waals surface area contributed by atoms with Crippen LogP contribution >= 0.6 is 11.6 Å². The standard InChI is InChI=1S/C19H21ClN2O5S/c1-13-15(20)5-3-6-16(13)21-19(23)7-4-10-22(28(2,24)25)14-8-9-17-18(11-14)27-12-26-17/h3,5-6,8-9,11H,4,7,10,12H2,1-2H3,(H,21,23). The Morgan fingerprint density at radius 3 is 2.71 bits per heavy atom. The van der Waals surface area contributed by atoms with Gasteiger partial charge in [0.1, 0.15) is 0 Å². The largest absolute Gasteiger partial charge is 0.454 e. The van der Waals surface area contributed by atoms with E-state index in [1.165, 1.54) is 4.31 Å². The molecule has 2 aromatic rings. The third-order valence-electron chi connectivity index (χ3n) is 4.35. The van der Waals surface area contributed by atoms with Gasteiger partial charge in [0, 0.05) is 29.7 Å². The van der Waals surface area contributed by atoms with Crippen LogP contribution in [0.3, 0.4) is 0 Å². The maximum absolute atomic E-state index is 12.2. The highest BCUT2D eigenvalue weighted by molar-refractivity contribution is 7.92. The highest BCUT2D eigenvalue weighted by Gasteiger charge is 2.21. The zero-order valence-electron chi connectivity index (χ0n) is 15.6. The van der Waals surface area contributed by atoms with Gasteiger partial charge in [-0.25, -0.2) is 8.42 Å². The molecule has 1 amide bonds. The van der Waals surface area contributed by atoms with Gasteiger partial charge in [0.2, 0.25) is 22.7 Å². The van der Waals surface area contributed by atoms with Crippen LogP contribution in [0.25, 0.3) is 0 Å². The lowest BCUT2D eigenvalue weighted by atomic mass is 10.2. The molecule has 0 fully saturated rings.